The van der Waals surface area contributed by atoms with Crippen LogP contribution < -0.4 is 4.90 Å². The Balaban J connectivity index is 1.68. The molecular formula is C21H25F3N4O3S. The van der Waals surface area contributed by atoms with E-state index in [1.807, 2.05) is 6.92 Å². The topological polar surface area (TPSA) is 86.6 Å². The van der Waals surface area contributed by atoms with Crippen LogP contribution in [0.3, 0.4) is 0 Å². The number of fused-ring (bicyclic) bond motifs is 1. The fraction of sp³-hybridized carbons (Fsp3) is 0.524. The second-order valence-corrected chi connectivity index (χ2v) is 10.4. The maximum atomic E-state index is 12.9. The Morgan fingerprint density at radius 2 is 1.91 bits per heavy atom. The zero-order valence-electron chi connectivity index (χ0n) is 17.9. The van der Waals surface area contributed by atoms with Crippen molar-refractivity contribution in [2.45, 2.75) is 44.8 Å². The van der Waals surface area contributed by atoms with Crippen molar-refractivity contribution in [2.75, 3.05) is 30.8 Å². The summed E-state index contributed by atoms with van der Waals surface area (Å²) in [4.78, 5) is 2.10. The van der Waals surface area contributed by atoms with Gasteiger partial charge in [-0.15, -0.1) is 10.2 Å². The molecule has 0 amide bonds. The molecule has 1 fully saturated rings. The lowest BCUT2D eigenvalue weighted by Gasteiger charge is -2.41. The zero-order chi connectivity index (χ0) is 23.3. The molecule has 1 N–H and O–H groups in total. The average Bonchev–Trinajstić information content (AvgIpc) is 2.73. The number of anilines is 1. The molecule has 1 atom stereocenters. The van der Waals surface area contributed by atoms with Gasteiger partial charge in [-0.3, -0.25) is 0 Å². The second-order valence-electron chi connectivity index (χ2n) is 8.42. The van der Waals surface area contributed by atoms with Gasteiger partial charge in [0.2, 0.25) is 10.0 Å². The number of halogens is 3. The Hall–Kier alpha value is -2.40. The Labute approximate surface area is 184 Å². The van der Waals surface area contributed by atoms with Crippen LogP contribution in [0, 0.1) is 6.92 Å². The SMILES string of the molecule is Cc1c(-c2ccc(C(F)(F)F)cc2O)nnc2c1CCCN2[C@@H]1CCCN(S(C)(=O)=O)C1. The van der Waals surface area contributed by atoms with Gasteiger partial charge in [0.05, 0.1) is 17.5 Å². The van der Waals surface area contributed by atoms with Crippen LogP contribution in [0.5, 0.6) is 5.75 Å². The molecular weight excluding hydrogens is 445 g/mol. The number of phenolic OH excluding ortho intramolecular Hbond substituents is 1. The lowest BCUT2D eigenvalue weighted by atomic mass is 9.94. The molecule has 3 heterocycles. The van der Waals surface area contributed by atoms with Crippen LogP contribution in [0.15, 0.2) is 18.2 Å². The van der Waals surface area contributed by atoms with Crippen molar-refractivity contribution in [2.24, 2.45) is 0 Å². The molecule has 174 valence electrons. The van der Waals surface area contributed by atoms with Crippen LogP contribution in [-0.2, 0) is 22.6 Å². The smallest absolute Gasteiger partial charge is 0.416 e. The minimum absolute atomic E-state index is 0.0171. The molecule has 0 spiro atoms. The highest BCUT2D eigenvalue weighted by atomic mass is 32.2. The van der Waals surface area contributed by atoms with Crippen molar-refractivity contribution in [3.8, 4) is 17.0 Å². The summed E-state index contributed by atoms with van der Waals surface area (Å²) in [7, 11) is -3.28. The zero-order valence-corrected chi connectivity index (χ0v) is 18.7. The van der Waals surface area contributed by atoms with E-state index in [9.17, 15) is 26.7 Å². The largest absolute Gasteiger partial charge is 0.507 e. The quantitative estimate of drug-likeness (QED) is 0.741. The van der Waals surface area contributed by atoms with Gasteiger partial charge < -0.3 is 10.0 Å². The molecule has 2 aliphatic heterocycles. The van der Waals surface area contributed by atoms with E-state index in [-0.39, 0.29) is 11.6 Å². The van der Waals surface area contributed by atoms with Crippen molar-refractivity contribution in [3.63, 3.8) is 0 Å². The monoisotopic (exact) mass is 470 g/mol. The first-order valence-electron chi connectivity index (χ1n) is 10.5. The molecule has 2 aliphatic rings. The normalized spacial score (nSPS) is 20.3. The highest BCUT2D eigenvalue weighted by Gasteiger charge is 2.34. The Morgan fingerprint density at radius 1 is 1.16 bits per heavy atom. The first-order chi connectivity index (χ1) is 15.0. The van der Waals surface area contributed by atoms with Gasteiger partial charge in [-0.1, -0.05) is 0 Å². The van der Waals surface area contributed by atoms with Gasteiger partial charge in [-0.25, -0.2) is 12.7 Å². The van der Waals surface area contributed by atoms with Crippen molar-refractivity contribution < 1.29 is 26.7 Å². The summed E-state index contributed by atoms with van der Waals surface area (Å²) in [6, 6.07) is 2.82. The third-order valence-electron chi connectivity index (χ3n) is 6.27. The number of piperidine rings is 1. The predicted octanol–water partition coefficient (Wildman–Crippen LogP) is 3.35. The highest BCUT2D eigenvalue weighted by Crippen LogP contribution is 2.39. The van der Waals surface area contributed by atoms with Crippen molar-refractivity contribution >= 4 is 15.8 Å². The number of nitrogens with zero attached hydrogens (tertiary/aromatic N) is 4. The number of hydrogen-bond acceptors (Lipinski definition) is 6. The van der Waals surface area contributed by atoms with Gasteiger partial charge in [0.15, 0.2) is 5.82 Å². The molecule has 2 aromatic rings. The Kier molecular flexibility index (Phi) is 5.83. The fourth-order valence-electron chi connectivity index (χ4n) is 4.60. The van der Waals surface area contributed by atoms with Gasteiger partial charge in [-0.2, -0.15) is 13.2 Å². The Morgan fingerprint density at radius 3 is 2.56 bits per heavy atom. The molecule has 0 bridgehead atoms. The number of phenols is 1. The van der Waals surface area contributed by atoms with E-state index < -0.39 is 27.5 Å². The summed E-state index contributed by atoms with van der Waals surface area (Å²) in [5, 5.41) is 18.9. The summed E-state index contributed by atoms with van der Waals surface area (Å²) in [6.45, 7) is 3.45. The van der Waals surface area contributed by atoms with Gasteiger partial charge >= 0.3 is 6.18 Å². The molecule has 11 heteroatoms. The number of rotatable bonds is 3. The molecule has 0 saturated carbocycles. The average molecular weight is 471 g/mol. The summed E-state index contributed by atoms with van der Waals surface area (Å²) in [5.41, 5.74) is 1.30. The van der Waals surface area contributed by atoms with Gasteiger partial charge in [0.1, 0.15) is 5.75 Å². The minimum Gasteiger partial charge on any atom is -0.507 e. The lowest BCUT2D eigenvalue weighted by molar-refractivity contribution is -0.137. The molecule has 1 aromatic carbocycles. The molecule has 4 rings (SSSR count). The van der Waals surface area contributed by atoms with E-state index in [4.69, 9.17) is 0 Å². The standard InChI is InChI=1S/C21H25F3N4O3S/c1-13-16-6-4-10-28(15-5-3-9-27(12-15)32(2,30)31)20(16)26-25-19(13)17-8-7-14(11-18(17)29)21(22,23)24/h7-8,11,15,29H,3-6,9-10,12H2,1-2H3/t15-/m1/s1. The van der Waals surface area contributed by atoms with Crippen molar-refractivity contribution in [3.05, 3.63) is 34.9 Å². The van der Waals surface area contributed by atoms with Crippen molar-refractivity contribution in [1.29, 1.82) is 0 Å². The molecule has 0 unspecified atom stereocenters. The Bertz CT molecular complexity index is 1140. The third-order valence-corrected chi connectivity index (χ3v) is 7.54. The van der Waals surface area contributed by atoms with Crippen molar-refractivity contribution in [1.82, 2.24) is 14.5 Å². The second kappa shape index (κ2) is 8.18. The predicted molar refractivity (Wildman–Crippen MR) is 114 cm³/mol. The van der Waals surface area contributed by atoms with Gasteiger partial charge in [0.25, 0.3) is 0 Å². The summed E-state index contributed by atoms with van der Waals surface area (Å²) >= 11 is 0. The van der Waals surface area contributed by atoms with Crippen LogP contribution in [0.1, 0.15) is 36.0 Å². The van der Waals surface area contributed by atoms with Crippen LogP contribution in [0.4, 0.5) is 19.0 Å². The summed E-state index contributed by atoms with van der Waals surface area (Å²) in [5.74, 6) is 0.185. The van der Waals surface area contributed by atoms with E-state index >= 15 is 0 Å². The number of aromatic nitrogens is 2. The van der Waals surface area contributed by atoms with E-state index in [1.165, 1.54) is 16.6 Å². The van der Waals surface area contributed by atoms with E-state index in [0.29, 0.717) is 30.7 Å². The molecule has 32 heavy (non-hydrogen) atoms. The van der Waals surface area contributed by atoms with Crippen LogP contribution >= 0.6 is 0 Å². The number of hydrogen-bond donors (Lipinski definition) is 1. The summed E-state index contributed by atoms with van der Waals surface area (Å²) < 4.78 is 64.4. The van der Waals surface area contributed by atoms with E-state index in [1.54, 1.807) is 0 Å². The van der Waals surface area contributed by atoms with Gasteiger partial charge in [-0.05, 0) is 56.4 Å². The molecule has 0 radical (unpaired) electrons. The molecule has 7 nitrogen and oxygen atoms in total. The first kappa shape index (κ1) is 22.8. The number of aromatic hydroxyl groups is 1. The van der Waals surface area contributed by atoms with Crippen LogP contribution in [0.25, 0.3) is 11.3 Å². The fourth-order valence-corrected chi connectivity index (χ4v) is 5.51. The van der Waals surface area contributed by atoms with E-state index in [0.717, 1.165) is 49.4 Å². The summed E-state index contributed by atoms with van der Waals surface area (Å²) in [6.07, 6.45) is -0.169. The molecule has 1 aromatic heterocycles. The number of benzene rings is 1. The highest BCUT2D eigenvalue weighted by molar-refractivity contribution is 7.88. The first-order valence-corrected chi connectivity index (χ1v) is 12.3. The number of alkyl halides is 3. The maximum Gasteiger partial charge on any atom is 0.416 e. The van der Waals surface area contributed by atoms with E-state index in [2.05, 4.69) is 15.1 Å². The number of sulfonamides is 1. The van der Waals surface area contributed by atoms with Crippen LogP contribution in [0.2, 0.25) is 0 Å². The third kappa shape index (κ3) is 4.27. The molecule has 1 saturated heterocycles. The van der Waals surface area contributed by atoms with Gasteiger partial charge in [0, 0.05) is 36.8 Å². The maximum absolute atomic E-state index is 12.9. The van der Waals surface area contributed by atoms with Crippen LogP contribution in [-0.4, -0.2) is 60.0 Å². The molecule has 0 aliphatic carbocycles. The lowest BCUT2D eigenvalue weighted by Crippen LogP contribution is -2.51. The minimum atomic E-state index is -4.55.